The zero-order valence-electron chi connectivity index (χ0n) is 9.00. The molecule has 1 amide bonds. The number of aromatic nitrogens is 1. The Morgan fingerprint density at radius 1 is 1.69 bits per heavy atom. The third-order valence-electron chi connectivity index (χ3n) is 2.80. The first-order chi connectivity index (χ1) is 7.65. The van der Waals surface area contributed by atoms with Crippen LogP contribution < -0.4 is 5.32 Å². The van der Waals surface area contributed by atoms with Crippen LogP contribution in [-0.2, 0) is 0 Å². The fraction of sp³-hybridized carbons (Fsp3) is 0.455. The van der Waals surface area contributed by atoms with Crippen molar-refractivity contribution in [3.05, 3.63) is 29.0 Å². The van der Waals surface area contributed by atoms with Crippen LogP contribution in [0.25, 0.3) is 0 Å². The molecule has 1 fully saturated rings. The molecule has 1 aliphatic rings. The second-order valence-corrected chi connectivity index (χ2v) is 5.60. The molecule has 3 nitrogen and oxygen atoms in total. The van der Waals surface area contributed by atoms with Gasteiger partial charge in [-0.3, -0.25) is 4.79 Å². The first kappa shape index (κ1) is 11.7. The van der Waals surface area contributed by atoms with Gasteiger partial charge in [0.15, 0.2) is 0 Å². The second-order valence-electron chi connectivity index (χ2n) is 3.94. The molecule has 0 atom stereocenters. The van der Waals surface area contributed by atoms with Gasteiger partial charge < -0.3 is 5.32 Å². The molecule has 0 aliphatic heterocycles. The molecule has 5 heteroatoms. The summed E-state index contributed by atoms with van der Waals surface area (Å²) in [6.45, 7) is 0.729. The van der Waals surface area contributed by atoms with Crippen molar-refractivity contribution in [2.75, 3.05) is 12.8 Å². The second kappa shape index (κ2) is 4.63. The monoisotopic (exact) mass is 256 g/mol. The van der Waals surface area contributed by atoms with Crippen LogP contribution in [0.5, 0.6) is 0 Å². The van der Waals surface area contributed by atoms with E-state index in [1.54, 1.807) is 18.3 Å². The summed E-state index contributed by atoms with van der Waals surface area (Å²) in [5.41, 5.74) is 0.567. The maximum Gasteiger partial charge on any atom is 0.251 e. The molecule has 0 saturated heterocycles. The van der Waals surface area contributed by atoms with Crippen LogP contribution in [0, 0.1) is 0 Å². The third kappa shape index (κ3) is 2.68. The topological polar surface area (TPSA) is 42.0 Å². The molecule has 1 N–H and O–H groups in total. The van der Waals surface area contributed by atoms with Crippen molar-refractivity contribution in [1.29, 1.82) is 0 Å². The summed E-state index contributed by atoms with van der Waals surface area (Å²) in [6, 6.07) is 3.25. The number of hydrogen-bond acceptors (Lipinski definition) is 3. The van der Waals surface area contributed by atoms with Gasteiger partial charge in [0, 0.05) is 23.1 Å². The Labute approximate surface area is 104 Å². The summed E-state index contributed by atoms with van der Waals surface area (Å²) >= 11 is 7.55. The molecule has 1 heterocycles. The number of nitrogens with one attached hydrogen (secondary N) is 1. The number of carbonyl (C=O) groups excluding carboxylic acids is 1. The Hall–Kier alpha value is -0.740. The summed E-state index contributed by atoms with van der Waals surface area (Å²) in [5, 5.41) is 3.28. The van der Waals surface area contributed by atoms with Crippen molar-refractivity contribution in [2.45, 2.75) is 17.6 Å². The van der Waals surface area contributed by atoms with Gasteiger partial charge in [0.05, 0.1) is 0 Å². The zero-order chi connectivity index (χ0) is 11.6. The molecule has 0 aromatic carbocycles. The molecular weight excluding hydrogens is 244 g/mol. The van der Waals surface area contributed by atoms with Gasteiger partial charge in [-0.2, -0.15) is 11.8 Å². The first-order valence-corrected chi connectivity index (χ1v) is 6.70. The lowest BCUT2D eigenvalue weighted by Gasteiger charge is -2.12. The number of pyridine rings is 1. The number of halogens is 1. The van der Waals surface area contributed by atoms with E-state index in [4.69, 9.17) is 11.6 Å². The highest BCUT2D eigenvalue weighted by atomic mass is 35.5. The molecule has 0 spiro atoms. The van der Waals surface area contributed by atoms with Crippen LogP contribution in [0.1, 0.15) is 23.2 Å². The highest BCUT2D eigenvalue weighted by molar-refractivity contribution is 8.00. The number of nitrogens with zero attached hydrogens (tertiary/aromatic N) is 1. The van der Waals surface area contributed by atoms with E-state index in [9.17, 15) is 4.79 Å². The van der Waals surface area contributed by atoms with Crippen LogP contribution >= 0.6 is 23.4 Å². The molecule has 1 saturated carbocycles. The minimum atomic E-state index is -0.0791. The van der Waals surface area contributed by atoms with Gasteiger partial charge in [0.2, 0.25) is 0 Å². The van der Waals surface area contributed by atoms with Gasteiger partial charge in [-0.1, -0.05) is 11.6 Å². The Bertz CT molecular complexity index is 407. The maximum absolute atomic E-state index is 11.8. The molecule has 1 aliphatic carbocycles. The fourth-order valence-electron chi connectivity index (χ4n) is 1.48. The van der Waals surface area contributed by atoms with E-state index >= 15 is 0 Å². The van der Waals surface area contributed by atoms with Gasteiger partial charge in [-0.15, -0.1) is 0 Å². The van der Waals surface area contributed by atoms with Crippen molar-refractivity contribution in [3.8, 4) is 0 Å². The Kier molecular flexibility index (Phi) is 3.40. The summed E-state index contributed by atoms with van der Waals surface area (Å²) in [4.78, 5) is 15.6. The number of rotatable bonds is 4. The summed E-state index contributed by atoms with van der Waals surface area (Å²) in [5.74, 6) is -0.0791. The Morgan fingerprint density at radius 2 is 2.44 bits per heavy atom. The van der Waals surface area contributed by atoms with Crippen molar-refractivity contribution >= 4 is 29.3 Å². The Balaban J connectivity index is 1.93. The summed E-state index contributed by atoms with van der Waals surface area (Å²) < 4.78 is 0.284. The average Bonchev–Trinajstić information content (AvgIpc) is 3.07. The van der Waals surface area contributed by atoms with Crippen molar-refractivity contribution in [1.82, 2.24) is 10.3 Å². The smallest absolute Gasteiger partial charge is 0.251 e. The average molecular weight is 257 g/mol. The summed E-state index contributed by atoms with van der Waals surface area (Å²) in [6.07, 6.45) is 6.00. The van der Waals surface area contributed by atoms with E-state index in [2.05, 4.69) is 16.6 Å². The van der Waals surface area contributed by atoms with Crippen LogP contribution in [0.3, 0.4) is 0 Å². The minimum absolute atomic E-state index is 0.0791. The van der Waals surface area contributed by atoms with Crippen LogP contribution in [0.4, 0.5) is 0 Å². The van der Waals surface area contributed by atoms with Gasteiger partial charge in [-0.05, 0) is 31.2 Å². The predicted molar refractivity (Wildman–Crippen MR) is 67.1 cm³/mol. The first-order valence-electron chi connectivity index (χ1n) is 5.10. The van der Waals surface area contributed by atoms with E-state index in [1.165, 1.54) is 12.8 Å². The van der Waals surface area contributed by atoms with E-state index < -0.39 is 0 Å². The molecule has 0 unspecified atom stereocenters. The van der Waals surface area contributed by atoms with E-state index in [1.807, 2.05) is 11.8 Å². The number of hydrogen-bond donors (Lipinski definition) is 1. The highest BCUT2D eigenvalue weighted by Gasteiger charge is 2.41. The fourth-order valence-corrected chi connectivity index (χ4v) is 2.38. The lowest BCUT2D eigenvalue weighted by molar-refractivity contribution is 0.0953. The molecule has 0 radical (unpaired) electrons. The zero-order valence-corrected chi connectivity index (χ0v) is 10.6. The molecule has 86 valence electrons. The van der Waals surface area contributed by atoms with Crippen LogP contribution in [0.2, 0.25) is 5.15 Å². The number of carbonyl (C=O) groups is 1. The minimum Gasteiger partial charge on any atom is -0.351 e. The SMILES string of the molecule is CSC1(CNC(=O)c2ccnc(Cl)c2)CC1. The van der Waals surface area contributed by atoms with E-state index in [0.717, 1.165) is 6.54 Å². The van der Waals surface area contributed by atoms with Crippen LogP contribution in [0.15, 0.2) is 18.3 Å². The van der Waals surface area contributed by atoms with Gasteiger partial charge in [0.1, 0.15) is 5.15 Å². The van der Waals surface area contributed by atoms with Gasteiger partial charge in [0.25, 0.3) is 5.91 Å². The predicted octanol–water partition coefficient (Wildman–Crippen LogP) is 2.36. The highest BCUT2D eigenvalue weighted by Crippen LogP contribution is 2.46. The summed E-state index contributed by atoms with van der Waals surface area (Å²) in [7, 11) is 0. The van der Waals surface area contributed by atoms with E-state index in [0.29, 0.717) is 10.7 Å². The standard InChI is InChI=1S/C11H13ClN2OS/c1-16-11(3-4-11)7-14-10(15)8-2-5-13-9(12)6-8/h2,5-6H,3-4,7H2,1H3,(H,14,15). The Morgan fingerprint density at radius 3 is 3.00 bits per heavy atom. The largest absolute Gasteiger partial charge is 0.351 e. The molecule has 1 aromatic rings. The molecule has 2 rings (SSSR count). The molecule has 16 heavy (non-hydrogen) atoms. The number of amides is 1. The van der Waals surface area contributed by atoms with E-state index in [-0.39, 0.29) is 10.7 Å². The maximum atomic E-state index is 11.8. The molecular formula is C11H13ClN2OS. The van der Waals surface area contributed by atoms with Gasteiger partial charge >= 0.3 is 0 Å². The van der Waals surface area contributed by atoms with Crippen molar-refractivity contribution in [2.24, 2.45) is 0 Å². The lowest BCUT2D eigenvalue weighted by atomic mass is 10.2. The van der Waals surface area contributed by atoms with Crippen molar-refractivity contribution < 1.29 is 4.79 Å². The van der Waals surface area contributed by atoms with Gasteiger partial charge in [-0.25, -0.2) is 4.98 Å². The lowest BCUT2D eigenvalue weighted by Crippen LogP contribution is -2.31. The van der Waals surface area contributed by atoms with Crippen LogP contribution in [-0.4, -0.2) is 28.4 Å². The quantitative estimate of drug-likeness (QED) is 0.841. The third-order valence-corrected chi connectivity index (χ3v) is 4.43. The molecule has 1 aromatic heterocycles. The normalized spacial score (nSPS) is 16.9. The van der Waals surface area contributed by atoms with Crippen molar-refractivity contribution in [3.63, 3.8) is 0 Å². The number of thioether (sulfide) groups is 1. The molecule has 0 bridgehead atoms.